The molecule has 2 rings (SSSR count). The minimum atomic E-state index is -0.179. The molecule has 1 N–H and O–H groups in total. The molecule has 0 aromatic rings. The molecular weight excluding hydrogens is 254 g/mol. The lowest BCUT2D eigenvalue weighted by atomic mass is 9.88. The van der Waals surface area contributed by atoms with Crippen LogP contribution in [0.25, 0.3) is 0 Å². The fourth-order valence-corrected chi connectivity index (χ4v) is 3.67. The third-order valence-electron chi connectivity index (χ3n) is 4.64. The maximum Gasteiger partial charge on any atom is 0.322 e. The molecule has 0 aromatic carbocycles. The molecule has 2 aliphatic rings. The van der Waals surface area contributed by atoms with Crippen molar-refractivity contribution in [2.45, 2.75) is 76.5 Å². The van der Waals surface area contributed by atoms with E-state index in [-0.39, 0.29) is 17.6 Å². The maximum atomic E-state index is 11.9. The summed E-state index contributed by atoms with van der Waals surface area (Å²) in [7, 11) is 1.47. The number of esters is 1. The molecule has 0 aromatic heterocycles. The number of hydrogen-bond donors (Lipinski definition) is 1. The molecule has 116 valence electrons. The average Bonchev–Trinajstić information content (AvgIpc) is 2.84. The molecule has 4 heteroatoms. The van der Waals surface area contributed by atoms with Gasteiger partial charge in [-0.3, -0.25) is 4.79 Å². The van der Waals surface area contributed by atoms with Crippen molar-refractivity contribution in [1.29, 1.82) is 0 Å². The molecule has 1 spiro atoms. The Balaban J connectivity index is 1.93. The number of hydrogen-bond acceptors (Lipinski definition) is 4. The summed E-state index contributed by atoms with van der Waals surface area (Å²) in [6, 6.07) is 0.200. The second-order valence-electron chi connectivity index (χ2n) is 6.80. The second-order valence-corrected chi connectivity index (χ2v) is 6.80. The quantitative estimate of drug-likeness (QED) is 0.788. The fraction of sp³-hybridized carbons (Fsp3) is 0.938. The van der Waals surface area contributed by atoms with Crippen LogP contribution in [0.4, 0.5) is 0 Å². The van der Waals surface area contributed by atoms with Crippen LogP contribution in [0.5, 0.6) is 0 Å². The maximum absolute atomic E-state index is 11.9. The van der Waals surface area contributed by atoms with E-state index in [2.05, 4.69) is 19.2 Å². The third kappa shape index (κ3) is 3.95. The predicted molar refractivity (Wildman–Crippen MR) is 78.6 cm³/mol. The number of rotatable bonds is 5. The van der Waals surface area contributed by atoms with E-state index in [1.807, 2.05) is 0 Å². The van der Waals surface area contributed by atoms with Crippen LogP contribution < -0.4 is 5.32 Å². The van der Waals surface area contributed by atoms with Crippen LogP contribution in [0, 0.1) is 5.92 Å². The summed E-state index contributed by atoms with van der Waals surface area (Å²) in [6.45, 7) is 5.09. The smallest absolute Gasteiger partial charge is 0.322 e. The zero-order valence-corrected chi connectivity index (χ0v) is 13.1. The predicted octanol–water partition coefficient (Wildman–Crippen LogP) is 2.66. The minimum absolute atomic E-state index is 0.0917. The first-order valence-electron chi connectivity index (χ1n) is 8.02. The topological polar surface area (TPSA) is 47.6 Å². The number of carbonyl (C=O) groups excluding carboxylic acids is 1. The molecule has 20 heavy (non-hydrogen) atoms. The number of methoxy groups -OCH3 is 1. The van der Waals surface area contributed by atoms with Gasteiger partial charge in [0.25, 0.3) is 0 Å². The molecule has 0 amide bonds. The highest BCUT2D eigenvalue weighted by atomic mass is 16.5. The average molecular weight is 283 g/mol. The van der Waals surface area contributed by atoms with Crippen LogP contribution in [0.3, 0.4) is 0 Å². The molecule has 1 saturated heterocycles. The van der Waals surface area contributed by atoms with Gasteiger partial charge in [0.2, 0.25) is 0 Å². The zero-order chi connectivity index (χ0) is 14.6. The van der Waals surface area contributed by atoms with Crippen molar-refractivity contribution in [3.8, 4) is 0 Å². The molecule has 2 fully saturated rings. The summed E-state index contributed by atoms with van der Waals surface area (Å²) in [5.41, 5.74) is 0.0917. The van der Waals surface area contributed by atoms with Gasteiger partial charge in [-0.05, 0) is 38.0 Å². The van der Waals surface area contributed by atoms with Crippen LogP contribution >= 0.6 is 0 Å². The first-order chi connectivity index (χ1) is 9.54. The van der Waals surface area contributed by atoms with E-state index in [1.165, 1.54) is 32.8 Å². The molecular formula is C16H29NO3. The van der Waals surface area contributed by atoms with Gasteiger partial charge in [-0.15, -0.1) is 0 Å². The highest BCUT2D eigenvalue weighted by Gasteiger charge is 2.40. The molecule has 0 bridgehead atoms. The zero-order valence-electron chi connectivity index (χ0n) is 13.1. The van der Waals surface area contributed by atoms with E-state index < -0.39 is 0 Å². The van der Waals surface area contributed by atoms with Gasteiger partial charge < -0.3 is 14.8 Å². The number of ether oxygens (including phenoxy) is 2. The van der Waals surface area contributed by atoms with E-state index in [0.29, 0.717) is 12.0 Å². The lowest BCUT2D eigenvalue weighted by Gasteiger charge is -2.39. The van der Waals surface area contributed by atoms with Crippen molar-refractivity contribution in [1.82, 2.24) is 5.32 Å². The molecule has 1 aliphatic carbocycles. The van der Waals surface area contributed by atoms with Gasteiger partial charge in [0.15, 0.2) is 0 Å². The van der Waals surface area contributed by atoms with Crippen LogP contribution in [-0.2, 0) is 14.3 Å². The Morgan fingerprint density at radius 2 is 2.10 bits per heavy atom. The van der Waals surface area contributed by atoms with Crippen LogP contribution in [0.1, 0.15) is 58.8 Å². The molecule has 4 nitrogen and oxygen atoms in total. The Labute approximate surface area is 122 Å². The van der Waals surface area contributed by atoms with E-state index in [1.54, 1.807) is 0 Å². The molecule has 2 unspecified atom stereocenters. The SMILES string of the molecule is COC(=O)C(CC(C)C)NC1CCOC2(CCCC2)C1. The van der Waals surface area contributed by atoms with Crippen molar-refractivity contribution < 1.29 is 14.3 Å². The normalized spacial score (nSPS) is 26.9. The molecule has 1 saturated carbocycles. The van der Waals surface area contributed by atoms with Crippen molar-refractivity contribution in [3.63, 3.8) is 0 Å². The Hall–Kier alpha value is -0.610. The van der Waals surface area contributed by atoms with Crippen molar-refractivity contribution in [3.05, 3.63) is 0 Å². The molecule has 1 aliphatic heterocycles. The van der Waals surface area contributed by atoms with E-state index >= 15 is 0 Å². The van der Waals surface area contributed by atoms with Crippen molar-refractivity contribution in [2.75, 3.05) is 13.7 Å². The Morgan fingerprint density at radius 1 is 1.40 bits per heavy atom. The third-order valence-corrected chi connectivity index (χ3v) is 4.64. The number of nitrogens with one attached hydrogen (secondary N) is 1. The molecule has 0 radical (unpaired) electrons. The van der Waals surface area contributed by atoms with Crippen LogP contribution in [0.15, 0.2) is 0 Å². The van der Waals surface area contributed by atoms with E-state index in [4.69, 9.17) is 9.47 Å². The monoisotopic (exact) mass is 283 g/mol. The highest BCUT2D eigenvalue weighted by molar-refractivity contribution is 5.75. The lowest BCUT2D eigenvalue weighted by Crippen LogP contribution is -2.51. The Morgan fingerprint density at radius 3 is 2.70 bits per heavy atom. The molecule has 2 atom stereocenters. The van der Waals surface area contributed by atoms with Gasteiger partial charge in [-0.1, -0.05) is 26.7 Å². The van der Waals surface area contributed by atoms with Crippen LogP contribution in [-0.4, -0.2) is 37.4 Å². The van der Waals surface area contributed by atoms with E-state index in [0.717, 1.165) is 25.9 Å². The van der Waals surface area contributed by atoms with Gasteiger partial charge in [-0.25, -0.2) is 0 Å². The summed E-state index contributed by atoms with van der Waals surface area (Å²) in [4.78, 5) is 11.9. The number of carbonyl (C=O) groups is 1. The van der Waals surface area contributed by atoms with Crippen molar-refractivity contribution >= 4 is 5.97 Å². The van der Waals surface area contributed by atoms with E-state index in [9.17, 15) is 4.79 Å². The first kappa shape index (κ1) is 15.8. The lowest BCUT2D eigenvalue weighted by molar-refractivity contribution is -0.144. The van der Waals surface area contributed by atoms with Gasteiger partial charge in [0, 0.05) is 12.6 Å². The second kappa shape index (κ2) is 6.90. The Kier molecular flexibility index (Phi) is 5.44. The van der Waals surface area contributed by atoms with Crippen LogP contribution in [0.2, 0.25) is 0 Å². The van der Waals surface area contributed by atoms with Gasteiger partial charge in [0.05, 0.1) is 12.7 Å². The highest BCUT2D eigenvalue weighted by Crippen LogP contribution is 2.40. The Bertz CT molecular complexity index is 324. The minimum Gasteiger partial charge on any atom is -0.468 e. The largest absolute Gasteiger partial charge is 0.468 e. The van der Waals surface area contributed by atoms with Crippen molar-refractivity contribution in [2.24, 2.45) is 5.92 Å². The standard InChI is InChI=1S/C16H29NO3/c1-12(2)10-14(15(18)19-3)17-13-6-9-20-16(11-13)7-4-5-8-16/h12-14,17H,4-11H2,1-3H3. The fourth-order valence-electron chi connectivity index (χ4n) is 3.67. The van der Waals surface area contributed by atoms with Gasteiger partial charge in [-0.2, -0.15) is 0 Å². The summed E-state index contributed by atoms with van der Waals surface area (Å²) in [5.74, 6) is 0.345. The first-order valence-corrected chi connectivity index (χ1v) is 8.02. The molecule has 1 heterocycles. The summed E-state index contributed by atoms with van der Waals surface area (Å²) in [5, 5.41) is 3.53. The summed E-state index contributed by atoms with van der Waals surface area (Å²) < 4.78 is 11.0. The summed E-state index contributed by atoms with van der Waals surface area (Å²) in [6.07, 6.45) is 7.78. The van der Waals surface area contributed by atoms with Gasteiger partial charge >= 0.3 is 5.97 Å². The van der Waals surface area contributed by atoms with Gasteiger partial charge in [0.1, 0.15) is 6.04 Å². The summed E-state index contributed by atoms with van der Waals surface area (Å²) >= 11 is 0.